The van der Waals surface area contributed by atoms with Crippen molar-refractivity contribution >= 4 is 0 Å². The van der Waals surface area contributed by atoms with Crippen molar-refractivity contribution in [2.45, 2.75) is 45.7 Å². The van der Waals surface area contributed by atoms with Crippen LogP contribution >= 0.6 is 0 Å². The summed E-state index contributed by atoms with van der Waals surface area (Å²) in [5.41, 5.74) is 0. The zero-order valence-electron chi connectivity index (χ0n) is 11.3. The fraction of sp³-hybridized carbons (Fsp3) is 1.00. The number of hydrogen-bond acceptors (Lipinski definition) is 3. The molecule has 16 heavy (non-hydrogen) atoms. The zero-order valence-corrected chi connectivity index (χ0v) is 11.3. The maximum absolute atomic E-state index is 5.16. The van der Waals surface area contributed by atoms with Crippen LogP contribution in [-0.4, -0.2) is 50.3 Å². The van der Waals surface area contributed by atoms with Gasteiger partial charge in [0.05, 0.1) is 6.61 Å². The third kappa shape index (κ3) is 3.72. The van der Waals surface area contributed by atoms with E-state index in [0.717, 1.165) is 25.6 Å². The lowest BCUT2D eigenvalue weighted by atomic mass is 9.87. The second-order valence-electron chi connectivity index (χ2n) is 4.98. The molecule has 0 aromatic rings. The Morgan fingerprint density at radius 3 is 2.75 bits per heavy atom. The Labute approximate surface area is 101 Å². The smallest absolute Gasteiger partial charge is 0.0589 e. The Hall–Kier alpha value is -0.120. The highest BCUT2D eigenvalue weighted by molar-refractivity contribution is 4.88. The van der Waals surface area contributed by atoms with Crippen molar-refractivity contribution in [3.63, 3.8) is 0 Å². The first-order valence-electron chi connectivity index (χ1n) is 6.67. The molecule has 3 nitrogen and oxygen atoms in total. The van der Waals surface area contributed by atoms with Gasteiger partial charge in [-0.3, -0.25) is 4.90 Å². The van der Waals surface area contributed by atoms with Gasteiger partial charge in [-0.05, 0) is 32.2 Å². The summed E-state index contributed by atoms with van der Waals surface area (Å²) in [4.78, 5) is 2.55. The maximum Gasteiger partial charge on any atom is 0.0589 e. The van der Waals surface area contributed by atoms with Crippen LogP contribution < -0.4 is 5.32 Å². The van der Waals surface area contributed by atoms with Crippen molar-refractivity contribution in [1.82, 2.24) is 10.2 Å². The number of ether oxygens (including phenoxy) is 1. The van der Waals surface area contributed by atoms with E-state index in [1.807, 2.05) is 0 Å². The van der Waals surface area contributed by atoms with Crippen molar-refractivity contribution in [1.29, 1.82) is 0 Å². The first-order valence-corrected chi connectivity index (χ1v) is 6.67. The van der Waals surface area contributed by atoms with Gasteiger partial charge in [0, 0.05) is 32.3 Å². The van der Waals surface area contributed by atoms with Crippen LogP contribution in [0.15, 0.2) is 0 Å². The molecule has 1 fully saturated rings. The minimum atomic E-state index is 0.665. The maximum atomic E-state index is 5.16. The van der Waals surface area contributed by atoms with E-state index in [-0.39, 0.29) is 0 Å². The monoisotopic (exact) mass is 228 g/mol. The SMILES string of the molecule is CCCNC1CCN(CCOC)C(C)C1C. The molecule has 0 aromatic heterocycles. The first kappa shape index (κ1) is 13.9. The van der Waals surface area contributed by atoms with Crippen molar-refractivity contribution < 1.29 is 4.74 Å². The van der Waals surface area contributed by atoms with Crippen LogP contribution in [0.25, 0.3) is 0 Å². The third-order valence-electron chi connectivity index (χ3n) is 3.94. The zero-order chi connectivity index (χ0) is 12.0. The average Bonchev–Trinajstić information content (AvgIpc) is 2.30. The molecule has 96 valence electrons. The summed E-state index contributed by atoms with van der Waals surface area (Å²) in [6.07, 6.45) is 2.50. The number of piperidine rings is 1. The highest BCUT2D eigenvalue weighted by Crippen LogP contribution is 2.23. The summed E-state index contributed by atoms with van der Waals surface area (Å²) in [6.45, 7) is 11.2. The molecule has 3 atom stereocenters. The van der Waals surface area contributed by atoms with E-state index < -0.39 is 0 Å². The molecule has 3 heteroatoms. The molecule has 0 saturated carbocycles. The number of nitrogens with zero attached hydrogens (tertiary/aromatic N) is 1. The van der Waals surface area contributed by atoms with E-state index in [1.54, 1.807) is 7.11 Å². The Kier molecular flexibility index (Phi) is 6.32. The summed E-state index contributed by atoms with van der Waals surface area (Å²) >= 11 is 0. The Balaban J connectivity index is 2.38. The van der Waals surface area contributed by atoms with Gasteiger partial charge in [0.25, 0.3) is 0 Å². The van der Waals surface area contributed by atoms with Gasteiger partial charge in [0.15, 0.2) is 0 Å². The number of rotatable bonds is 6. The van der Waals surface area contributed by atoms with Crippen LogP contribution in [0.2, 0.25) is 0 Å². The van der Waals surface area contributed by atoms with Gasteiger partial charge in [-0.15, -0.1) is 0 Å². The van der Waals surface area contributed by atoms with Crippen molar-refractivity contribution in [3.05, 3.63) is 0 Å². The molecule has 1 rings (SSSR count). The average molecular weight is 228 g/mol. The van der Waals surface area contributed by atoms with Crippen LogP contribution in [0.5, 0.6) is 0 Å². The standard InChI is InChI=1S/C13H28N2O/c1-5-7-14-13-6-8-15(9-10-16-4)12(3)11(13)2/h11-14H,5-10H2,1-4H3. The molecule has 0 bridgehead atoms. The van der Waals surface area contributed by atoms with E-state index in [4.69, 9.17) is 4.74 Å². The molecule has 0 spiro atoms. The second-order valence-corrected chi connectivity index (χ2v) is 4.98. The predicted octanol–water partition coefficient (Wildman–Crippen LogP) is 1.73. The number of likely N-dealkylation sites (tertiary alicyclic amines) is 1. The molecular formula is C13H28N2O. The summed E-state index contributed by atoms with van der Waals surface area (Å²) in [5, 5.41) is 3.67. The normalized spacial score (nSPS) is 31.9. The van der Waals surface area contributed by atoms with Gasteiger partial charge in [-0.2, -0.15) is 0 Å². The molecular weight excluding hydrogens is 200 g/mol. The quantitative estimate of drug-likeness (QED) is 0.749. The minimum Gasteiger partial charge on any atom is -0.383 e. The topological polar surface area (TPSA) is 24.5 Å². The molecule has 0 amide bonds. The van der Waals surface area contributed by atoms with Crippen LogP contribution in [0.1, 0.15) is 33.6 Å². The van der Waals surface area contributed by atoms with Crippen molar-refractivity contribution in [2.75, 3.05) is 33.4 Å². The Bertz CT molecular complexity index is 167. The lowest BCUT2D eigenvalue weighted by molar-refractivity contribution is 0.0579. The number of methoxy groups -OCH3 is 1. The second kappa shape index (κ2) is 7.25. The van der Waals surface area contributed by atoms with Crippen LogP contribution in [-0.2, 0) is 4.74 Å². The van der Waals surface area contributed by atoms with Crippen LogP contribution in [0.4, 0.5) is 0 Å². The molecule has 1 aliphatic rings. The Morgan fingerprint density at radius 1 is 1.38 bits per heavy atom. The van der Waals surface area contributed by atoms with Gasteiger partial charge in [0.2, 0.25) is 0 Å². The van der Waals surface area contributed by atoms with E-state index in [0.29, 0.717) is 12.1 Å². The molecule has 0 aromatic carbocycles. The van der Waals surface area contributed by atoms with Crippen molar-refractivity contribution in [2.24, 2.45) is 5.92 Å². The lowest BCUT2D eigenvalue weighted by Gasteiger charge is -2.43. The highest BCUT2D eigenvalue weighted by atomic mass is 16.5. The molecule has 3 unspecified atom stereocenters. The largest absolute Gasteiger partial charge is 0.383 e. The van der Waals surface area contributed by atoms with E-state index in [9.17, 15) is 0 Å². The van der Waals surface area contributed by atoms with Gasteiger partial charge in [-0.1, -0.05) is 13.8 Å². The molecule has 1 aliphatic heterocycles. The van der Waals surface area contributed by atoms with Crippen LogP contribution in [0, 0.1) is 5.92 Å². The van der Waals surface area contributed by atoms with Crippen LogP contribution in [0.3, 0.4) is 0 Å². The molecule has 1 heterocycles. The fourth-order valence-electron chi connectivity index (χ4n) is 2.58. The third-order valence-corrected chi connectivity index (χ3v) is 3.94. The van der Waals surface area contributed by atoms with E-state index >= 15 is 0 Å². The van der Waals surface area contributed by atoms with Crippen molar-refractivity contribution in [3.8, 4) is 0 Å². The highest BCUT2D eigenvalue weighted by Gasteiger charge is 2.31. The molecule has 0 radical (unpaired) electrons. The summed E-state index contributed by atoms with van der Waals surface area (Å²) in [5.74, 6) is 0.733. The van der Waals surface area contributed by atoms with E-state index in [2.05, 4.69) is 31.0 Å². The van der Waals surface area contributed by atoms with Gasteiger partial charge in [-0.25, -0.2) is 0 Å². The van der Waals surface area contributed by atoms with Gasteiger partial charge < -0.3 is 10.1 Å². The van der Waals surface area contributed by atoms with E-state index in [1.165, 1.54) is 19.4 Å². The first-order chi connectivity index (χ1) is 7.70. The molecule has 1 N–H and O–H groups in total. The summed E-state index contributed by atoms with van der Waals surface area (Å²) in [7, 11) is 1.78. The Morgan fingerprint density at radius 2 is 2.12 bits per heavy atom. The molecule has 0 aliphatic carbocycles. The van der Waals surface area contributed by atoms with Gasteiger partial charge in [0.1, 0.15) is 0 Å². The number of nitrogens with one attached hydrogen (secondary N) is 1. The number of hydrogen-bond donors (Lipinski definition) is 1. The summed E-state index contributed by atoms with van der Waals surface area (Å²) < 4.78 is 5.16. The minimum absolute atomic E-state index is 0.665. The van der Waals surface area contributed by atoms with Gasteiger partial charge >= 0.3 is 0 Å². The lowest BCUT2D eigenvalue weighted by Crippen LogP contribution is -2.54. The fourth-order valence-corrected chi connectivity index (χ4v) is 2.58. The predicted molar refractivity (Wildman–Crippen MR) is 68.8 cm³/mol. The summed E-state index contributed by atoms with van der Waals surface area (Å²) in [6, 6.07) is 1.37. The molecule has 1 saturated heterocycles.